The van der Waals surface area contributed by atoms with Gasteiger partial charge in [-0.05, 0) is 22.8 Å². The zero-order valence-corrected chi connectivity index (χ0v) is 11.8. The summed E-state index contributed by atoms with van der Waals surface area (Å²) in [4.78, 5) is 13.1. The van der Waals surface area contributed by atoms with Crippen molar-refractivity contribution in [1.29, 1.82) is 0 Å². The van der Waals surface area contributed by atoms with Crippen molar-refractivity contribution >= 4 is 17.6 Å². The molecule has 20 heavy (non-hydrogen) atoms. The van der Waals surface area contributed by atoms with E-state index in [1.807, 2.05) is 42.5 Å². The van der Waals surface area contributed by atoms with E-state index < -0.39 is 0 Å². The van der Waals surface area contributed by atoms with E-state index >= 15 is 0 Å². The zero-order chi connectivity index (χ0) is 13.8. The van der Waals surface area contributed by atoms with Crippen molar-refractivity contribution in [3.05, 3.63) is 82.0 Å². The van der Waals surface area contributed by atoms with E-state index in [4.69, 9.17) is 0 Å². The lowest BCUT2D eigenvalue weighted by molar-refractivity contribution is 0.112. The summed E-state index contributed by atoms with van der Waals surface area (Å²) in [6, 6.07) is 22.6. The fourth-order valence-electron chi connectivity index (χ4n) is 2.28. The number of carbonyl (C=O) groups is 1. The molecule has 0 aliphatic rings. The topological polar surface area (TPSA) is 17.1 Å². The van der Waals surface area contributed by atoms with Gasteiger partial charge in [0.25, 0.3) is 0 Å². The van der Waals surface area contributed by atoms with E-state index in [9.17, 15) is 4.79 Å². The van der Waals surface area contributed by atoms with Crippen LogP contribution in [-0.4, -0.2) is 6.29 Å². The van der Waals surface area contributed by atoms with E-state index in [-0.39, 0.29) is 0 Å². The summed E-state index contributed by atoms with van der Waals surface area (Å²) in [6.07, 6.45) is 1.80. The molecule has 0 bridgehead atoms. The molecular formula is C18H14OS. The second kappa shape index (κ2) is 5.85. The Morgan fingerprint density at radius 3 is 2.20 bits per heavy atom. The van der Waals surface area contributed by atoms with Crippen molar-refractivity contribution in [1.82, 2.24) is 0 Å². The van der Waals surface area contributed by atoms with Gasteiger partial charge in [0.1, 0.15) is 0 Å². The molecule has 1 aromatic heterocycles. The van der Waals surface area contributed by atoms with Crippen molar-refractivity contribution < 1.29 is 4.79 Å². The molecule has 2 aromatic carbocycles. The highest BCUT2D eigenvalue weighted by molar-refractivity contribution is 7.14. The van der Waals surface area contributed by atoms with E-state index in [0.717, 1.165) is 17.6 Å². The standard InChI is InChI=1S/C18H14OS/c19-13-16-12-17(15-9-5-2-6-10-15)18(20-16)11-14-7-3-1-4-8-14/h1-10,12-13H,11H2. The van der Waals surface area contributed by atoms with Crippen LogP contribution in [0.15, 0.2) is 66.7 Å². The molecule has 98 valence electrons. The molecule has 0 saturated carbocycles. The molecule has 0 unspecified atom stereocenters. The van der Waals surface area contributed by atoms with Crippen LogP contribution >= 0.6 is 11.3 Å². The van der Waals surface area contributed by atoms with E-state index in [1.165, 1.54) is 21.6 Å². The summed E-state index contributed by atoms with van der Waals surface area (Å²) in [5, 5.41) is 0. The quantitative estimate of drug-likeness (QED) is 0.625. The van der Waals surface area contributed by atoms with Gasteiger partial charge in [-0.3, -0.25) is 4.79 Å². The van der Waals surface area contributed by atoms with Gasteiger partial charge in [-0.15, -0.1) is 11.3 Å². The normalized spacial score (nSPS) is 10.4. The van der Waals surface area contributed by atoms with Crippen molar-refractivity contribution in [3.8, 4) is 11.1 Å². The maximum atomic E-state index is 11.1. The molecule has 0 fully saturated rings. The van der Waals surface area contributed by atoms with Gasteiger partial charge in [-0.25, -0.2) is 0 Å². The van der Waals surface area contributed by atoms with Gasteiger partial charge in [0.05, 0.1) is 4.88 Å². The minimum Gasteiger partial charge on any atom is -0.297 e. The van der Waals surface area contributed by atoms with Gasteiger partial charge in [-0.2, -0.15) is 0 Å². The number of hydrogen-bond donors (Lipinski definition) is 0. The van der Waals surface area contributed by atoms with Crippen LogP contribution in [0, 0.1) is 0 Å². The average Bonchev–Trinajstić information content (AvgIpc) is 2.92. The fraction of sp³-hybridized carbons (Fsp3) is 0.0556. The molecule has 0 amide bonds. The smallest absolute Gasteiger partial charge is 0.160 e. The Balaban J connectivity index is 2.02. The van der Waals surface area contributed by atoms with Crippen LogP contribution in [0.3, 0.4) is 0 Å². The van der Waals surface area contributed by atoms with Crippen LogP contribution in [0.5, 0.6) is 0 Å². The number of thiophene rings is 1. The second-order valence-corrected chi connectivity index (χ2v) is 5.80. The van der Waals surface area contributed by atoms with Gasteiger partial charge in [0.15, 0.2) is 6.29 Å². The summed E-state index contributed by atoms with van der Waals surface area (Å²) < 4.78 is 0. The molecular weight excluding hydrogens is 264 g/mol. The van der Waals surface area contributed by atoms with Gasteiger partial charge in [0.2, 0.25) is 0 Å². The van der Waals surface area contributed by atoms with Gasteiger partial charge in [-0.1, -0.05) is 60.7 Å². The fourth-order valence-corrected chi connectivity index (χ4v) is 3.32. The molecule has 2 heteroatoms. The molecule has 0 N–H and O–H groups in total. The van der Waals surface area contributed by atoms with Crippen molar-refractivity contribution in [3.63, 3.8) is 0 Å². The maximum Gasteiger partial charge on any atom is 0.160 e. The predicted molar refractivity (Wildman–Crippen MR) is 84.4 cm³/mol. The first-order valence-corrected chi connectivity index (χ1v) is 7.35. The Morgan fingerprint density at radius 2 is 1.55 bits per heavy atom. The highest BCUT2D eigenvalue weighted by atomic mass is 32.1. The third-order valence-corrected chi connectivity index (χ3v) is 4.30. The Bertz CT molecular complexity index is 699. The molecule has 1 nitrogen and oxygen atoms in total. The Hall–Kier alpha value is -2.19. The minimum absolute atomic E-state index is 0.787. The number of aldehydes is 1. The predicted octanol–water partition coefficient (Wildman–Crippen LogP) is 4.82. The number of carbonyl (C=O) groups excluding carboxylic acids is 1. The molecule has 0 saturated heterocycles. The molecule has 1 heterocycles. The lowest BCUT2D eigenvalue weighted by atomic mass is 10.0. The summed E-state index contributed by atoms with van der Waals surface area (Å²) in [6.45, 7) is 0. The van der Waals surface area contributed by atoms with Crippen LogP contribution in [0.4, 0.5) is 0 Å². The van der Waals surface area contributed by atoms with Crippen molar-refractivity contribution in [2.75, 3.05) is 0 Å². The molecule has 0 atom stereocenters. The SMILES string of the molecule is O=Cc1cc(-c2ccccc2)c(Cc2ccccc2)s1. The van der Waals surface area contributed by atoms with Crippen LogP contribution in [0.2, 0.25) is 0 Å². The lowest BCUT2D eigenvalue weighted by Crippen LogP contribution is -1.86. The van der Waals surface area contributed by atoms with Crippen molar-refractivity contribution in [2.24, 2.45) is 0 Å². The average molecular weight is 278 g/mol. The Labute approximate surface area is 122 Å². The Morgan fingerprint density at radius 1 is 0.900 bits per heavy atom. The Kier molecular flexibility index (Phi) is 3.75. The second-order valence-electron chi connectivity index (χ2n) is 4.63. The van der Waals surface area contributed by atoms with Crippen molar-refractivity contribution in [2.45, 2.75) is 6.42 Å². The van der Waals surface area contributed by atoms with E-state index in [2.05, 4.69) is 24.3 Å². The molecule has 0 radical (unpaired) electrons. The largest absolute Gasteiger partial charge is 0.297 e. The maximum absolute atomic E-state index is 11.1. The first-order chi connectivity index (χ1) is 9.86. The number of hydrogen-bond acceptors (Lipinski definition) is 2. The number of rotatable bonds is 4. The lowest BCUT2D eigenvalue weighted by Gasteiger charge is -2.04. The molecule has 0 spiro atoms. The third-order valence-electron chi connectivity index (χ3n) is 3.24. The molecule has 3 aromatic rings. The molecule has 0 aliphatic carbocycles. The third kappa shape index (κ3) is 2.70. The van der Waals surface area contributed by atoms with E-state index in [1.54, 1.807) is 11.3 Å². The molecule has 0 aliphatic heterocycles. The van der Waals surface area contributed by atoms with Gasteiger partial charge >= 0.3 is 0 Å². The monoisotopic (exact) mass is 278 g/mol. The highest BCUT2D eigenvalue weighted by Gasteiger charge is 2.11. The summed E-state index contributed by atoms with van der Waals surface area (Å²) in [5.74, 6) is 0. The first kappa shape index (κ1) is 12.8. The summed E-state index contributed by atoms with van der Waals surface area (Å²) in [7, 11) is 0. The number of benzene rings is 2. The van der Waals surface area contributed by atoms with Gasteiger partial charge in [0, 0.05) is 11.3 Å². The van der Waals surface area contributed by atoms with Crippen LogP contribution in [-0.2, 0) is 6.42 Å². The first-order valence-electron chi connectivity index (χ1n) is 6.54. The highest BCUT2D eigenvalue weighted by Crippen LogP contribution is 2.32. The summed E-state index contributed by atoms with van der Waals surface area (Å²) in [5.41, 5.74) is 3.60. The molecule has 3 rings (SSSR count). The zero-order valence-electron chi connectivity index (χ0n) is 11.0. The van der Waals surface area contributed by atoms with Gasteiger partial charge < -0.3 is 0 Å². The van der Waals surface area contributed by atoms with Crippen LogP contribution < -0.4 is 0 Å². The van der Waals surface area contributed by atoms with Crippen LogP contribution in [0.1, 0.15) is 20.1 Å². The summed E-state index contributed by atoms with van der Waals surface area (Å²) >= 11 is 1.58. The van der Waals surface area contributed by atoms with E-state index in [0.29, 0.717) is 0 Å². The minimum atomic E-state index is 0.787. The van der Waals surface area contributed by atoms with Crippen LogP contribution in [0.25, 0.3) is 11.1 Å².